The van der Waals surface area contributed by atoms with Gasteiger partial charge in [0.1, 0.15) is 5.58 Å². The summed E-state index contributed by atoms with van der Waals surface area (Å²) in [5, 5.41) is 7.48. The largest absolute Gasteiger partial charge is 0.469 e. The Hall–Kier alpha value is -5.68. The van der Waals surface area contributed by atoms with Gasteiger partial charge in [0, 0.05) is 52.9 Å². The summed E-state index contributed by atoms with van der Waals surface area (Å²) in [7, 11) is 4.13. The molecule has 0 radical (unpaired) electrons. The summed E-state index contributed by atoms with van der Waals surface area (Å²) < 4.78 is 9.33. The highest BCUT2D eigenvalue weighted by atomic mass is 16.3. The van der Waals surface area contributed by atoms with Crippen LogP contribution in [0.25, 0.3) is 60.7 Å². The second-order valence-electron chi connectivity index (χ2n) is 13.0. The first kappa shape index (κ1) is 27.6. The van der Waals surface area contributed by atoms with Crippen LogP contribution in [0.15, 0.2) is 132 Å². The molecule has 0 amide bonds. The van der Waals surface area contributed by atoms with Gasteiger partial charge in [-0.1, -0.05) is 85.7 Å². The molecule has 1 aliphatic rings. The lowest BCUT2D eigenvalue weighted by atomic mass is 9.42. The Bertz CT molecular complexity index is 2490. The Balaban J connectivity index is 1.31. The van der Waals surface area contributed by atoms with Gasteiger partial charge < -0.3 is 19.2 Å². The number of anilines is 3. The van der Waals surface area contributed by atoms with Crippen molar-refractivity contribution in [1.29, 1.82) is 0 Å². The molecule has 1 aliphatic heterocycles. The Morgan fingerprint density at radius 3 is 2.26 bits per heavy atom. The number of hydrogen-bond acceptors (Lipinski definition) is 3. The number of aromatic nitrogens is 1. The number of rotatable bonds is 5. The zero-order valence-corrected chi connectivity index (χ0v) is 27.0. The Kier molecular flexibility index (Phi) is 6.13. The molecule has 2 aromatic heterocycles. The highest BCUT2D eigenvalue weighted by Gasteiger charge is 2.37. The molecule has 4 nitrogen and oxygen atoms in total. The maximum Gasteiger partial charge on any atom is 0.258 e. The van der Waals surface area contributed by atoms with Crippen LogP contribution in [-0.4, -0.2) is 25.4 Å². The molecule has 0 atom stereocenters. The minimum atomic E-state index is 0.0416. The van der Waals surface area contributed by atoms with E-state index in [4.69, 9.17) is 4.42 Å². The fourth-order valence-electron chi connectivity index (χ4n) is 7.68. The van der Waals surface area contributed by atoms with Crippen LogP contribution in [-0.2, 0) is 0 Å². The Morgan fingerprint density at radius 2 is 1.45 bits per heavy atom. The van der Waals surface area contributed by atoms with Gasteiger partial charge in [0.15, 0.2) is 0 Å². The van der Waals surface area contributed by atoms with Crippen molar-refractivity contribution in [3.63, 3.8) is 0 Å². The molecule has 6 aromatic carbocycles. The highest BCUT2D eigenvalue weighted by Crippen LogP contribution is 2.42. The topological polar surface area (TPSA) is 33.3 Å². The van der Waals surface area contributed by atoms with E-state index in [-0.39, 0.29) is 6.71 Å². The number of nitrogens with zero attached hydrogens (tertiary/aromatic N) is 2. The summed E-state index contributed by atoms with van der Waals surface area (Å²) in [6.07, 6.45) is 0. The van der Waals surface area contributed by atoms with Crippen molar-refractivity contribution < 1.29 is 4.42 Å². The van der Waals surface area contributed by atoms with Crippen molar-refractivity contribution >= 4 is 67.7 Å². The van der Waals surface area contributed by atoms with Crippen molar-refractivity contribution in [1.82, 2.24) is 4.57 Å². The lowest BCUT2D eigenvalue weighted by Crippen LogP contribution is -2.45. The van der Waals surface area contributed by atoms with E-state index in [0.717, 1.165) is 33.7 Å². The minimum Gasteiger partial charge on any atom is -0.469 e. The van der Waals surface area contributed by atoms with Crippen LogP contribution < -0.4 is 21.3 Å². The van der Waals surface area contributed by atoms with Crippen LogP contribution in [0.3, 0.4) is 0 Å². The average Bonchev–Trinajstić information content (AvgIpc) is 3.65. The van der Waals surface area contributed by atoms with Crippen molar-refractivity contribution in [2.75, 3.05) is 24.3 Å². The van der Waals surface area contributed by atoms with Crippen LogP contribution in [0.2, 0.25) is 6.82 Å². The SMILES string of the molecule is CB1c2oc3ccc(-c4ccccc4)cc3c2-n2c3ccccc3c3c(C)cc(-c4ccccc4Nc4ccc(N(C)C)cc4)c1c32. The van der Waals surface area contributed by atoms with Gasteiger partial charge >= 0.3 is 0 Å². The van der Waals surface area contributed by atoms with Gasteiger partial charge in [-0.3, -0.25) is 0 Å². The molecule has 3 heterocycles. The molecule has 0 saturated carbocycles. The number of hydrogen-bond donors (Lipinski definition) is 1. The van der Waals surface area contributed by atoms with E-state index >= 15 is 0 Å². The van der Waals surface area contributed by atoms with E-state index < -0.39 is 0 Å². The monoisotopic (exact) mass is 607 g/mol. The van der Waals surface area contributed by atoms with Crippen LogP contribution in [0.1, 0.15) is 5.56 Å². The summed E-state index contributed by atoms with van der Waals surface area (Å²) in [6.45, 7) is 4.61. The van der Waals surface area contributed by atoms with Crippen LogP contribution in [0, 0.1) is 6.92 Å². The Morgan fingerprint density at radius 1 is 0.702 bits per heavy atom. The summed E-state index contributed by atoms with van der Waals surface area (Å²) in [6, 6.07) is 45.7. The second kappa shape index (κ2) is 10.4. The van der Waals surface area contributed by atoms with Crippen LogP contribution >= 0.6 is 0 Å². The van der Waals surface area contributed by atoms with Gasteiger partial charge in [-0.05, 0) is 83.2 Å². The number of nitrogens with one attached hydrogen (secondary N) is 1. The molecule has 226 valence electrons. The molecular weight excluding hydrogens is 573 g/mol. The molecule has 0 unspecified atom stereocenters. The summed E-state index contributed by atoms with van der Waals surface area (Å²) >= 11 is 0. The summed E-state index contributed by atoms with van der Waals surface area (Å²) in [4.78, 5) is 2.12. The number of para-hydroxylation sites is 2. The first-order valence-electron chi connectivity index (χ1n) is 16.3. The zero-order valence-electron chi connectivity index (χ0n) is 27.0. The summed E-state index contributed by atoms with van der Waals surface area (Å²) in [5.41, 5.74) is 16.3. The van der Waals surface area contributed by atoms with Crippen molar-refractivity contribution in [3.05, 3.63) is 133 Å². The third-order valence-electron chi connectivity index (χ3n) is 9.90. The predicted octanol–water partition coefficient (Wildman–Crippen LogP) is 9.53. The normalized spacial score (nSPS) is 12.2. The first-order valence-corrected chi connectivity index (χ1v) is 16.3. The van der Waals surface area contributed by atoms with E-state index in [9.17, 15) is 0 Å². The van der Waals surface area contributed by atoms with Gasteiger partial charge in [0.2, 0.25) is 0 Å². The number of furan rings is 1. The van der Waals surface area contributed by atoms with Crippen LogP contribution in [0.5, 0.6) is 0 Å². The average molecular weight is 608 g/mol. The van der Waals surface area contributed by atoms with Gasteiger partial charge in [-0.25, -0.2) is 0 Å². The molecule has 0 fully saturated rings. The molecule has 8 aromatic rings. The van der Waals surface area contributed by atoms with Crippen LogP contribution in [0.4, 0.5) is 17.1 Å². The van der Waals surface area contributed by atoms with E-state index in [0.29, 0.717) is 0 Å². The van der Waals surface area contributed by atoms with Crippen molar-refractivity contribution in [2.45, 2.75) is 13.7 Å². The third kappa shape index (κ3) is 4.16. The maximum atomic E-state index is 6.84. The molecule has 0 aliphatic carbocycles. The first-order chi connectivity index (χ1) is 23.0. The molecule has 0 saturated heterocycles. The summed E-state index contributed by atoms with van der Waals surface area (Å²) in [5.74, 6) is 0. The minimum absolute atomic E-state index is 0.0416. The molecule has 5 heteroatoms. The van der Waals surface area contributed by atoms with Gasteiger partial charge in [-0.15, -0.1) is 0 Å². The van der Waals surface area contributed by atoms with Gasteiger partial charge in [0.05, 0.1) is 22.4 Å². The fourth-order valence-corrected chi connectivity index (χ4v) is 7.68. The molecular formula is C42H34BN3O. The molecule has 47 heavy (non-hydrogen) atoms. The van der Waals surface area contributed by atoms with Crippen molar-refractivity contribution in [3.8, 4) is 27.9 Å². The molecule has 9 rings (SSSR count). The number of fused-ring (bicyclic) bond motifs is 7. The van der Waals surface area contributed by atoms with Gasteiger partial charge in [-0.2, -0.15) is 0 Å². The fraction of sp³-hybridized carbons (Fsp3) is 0.0952. The third-order valence-corrected chi connectivity index (χ3v) is 9.90. The predicted molar refractivity (Wildman–Crippen MR) is 201 cm³/mol. The lowest BCUT2D eigenvalue weighted by Gasteiger charge is -2.25. The van der Waals surface area contributed by atoms with Gasteiger partial charge in [0.25, 0.3) is 6.71 Å². The molecule has 0 spiro atoms. The highest BCUT2D eigenvalue weighted by molar-refractivity contribution is 6.88. The van der Waals surface area contributed by atoms with E-state index in [2.05, 4.69) is 170 Å². The molecule has 0 bridgehead atoms. The smallest absolute Gasteiger partial charge is 0.258 e. The second-order valence-corrected chi connectivity index (χ2v) is 13.0. The van der Waals surface area contributed by atoms with E-state index in [1.54, 1.807) is 0 Å². The lowest BCUT2D eigenvalue weighted by molar-refractivity contribution is 0.649. The molecule has 1 N–H and O–H groups in total. The zero-order chi connectivity index (χ0) is 31.8. The maximum absolute atomic E-state index is 6.84. The number of benzene rings is 6. The quantitative estimate of drug-likeness (QED) is 0.198. The standard InChI is InChI=1S/C42H34BN3O/c1-26-24-33(31-14-8-10-16-35(31)44-29-19-21-30(22-20-29)45(3)4)39-41-38(26)32-15-9-11-17-36(32)46(41)40-34-25-28(27-12-6-5-7-13-27)18-23-37(34)47-42(40)43(39)2/h5-25,44H,1-4H3. The van der Waals surface area contributed by atoms with E-state index in [1.165, 1.54) is 60.8 Å². The van der Waals surface area contributed by atoms with E-state index in [1.807, 2.05) is 0 Å². The Labute approximate surface area is 275 Å². The number of aryl methyl sites for hydroxylation is 1. The van der Waals surface area contributed by atoms with Crippen molar-refractivity contribution in [2.24, 2.45) is 0 Å².